The molecule has 0 radical (unpaired) electrons. The number of carbonyl (C=O) groups is 2. The smallest absolute Gasteiger partial charge is 0.305 e. The first kappa shape index (κ1) is 14.9. The minimum Gasteiger partial charge on any atom is -0.481 e. The molecule has 0 aliphatic heterocycles. The molecule has 0 spiro atoms. The third-order valence-electron chi connectivity index (χ3n) is 2.88. The highest BCUT2D eigenvalue weighted by atomic mass is 16.4. The van der Waals surface area contributed by atoms with Crippen molar-refractivity contribution in [3.63, 3.8) is 0 Å². The summed E-state index contributed by atoms with van der Waals surface area (Å²) in [4.78, 5) is 28.2. The zero-order valence-corrected chi connectivity index (χ0v) is 11.4. The fraction of sp³-hybridized carbons (Fsp3) is 0.462. The van der Waals surface area contributed by atoms with Gasteiger partial charge in [-0.25, -0.2) is 0 Å². The van der Waals surface area contributed by atoms with Crippen LogP contribution in [0.5, 0.6) is 0 Å². The van der Waals surface area contributed by atoms with Crippen molar-refractivity contribution in [1.29, 1.82) is 0 Å². The van der Waals surface area contributed by atoms with Gasteiger partial charge in [-0.2, -0.15) is 0 Å². The number of hydrogen-bond acceptors (Lipinski definition) is 4. The molecule has 1 amide bonds. The van der Waals surface area contributed by atoms with E-state index in [1.165, 1.54) is 0 Å². The van der Waals surface area contributed by atoms with Gasteiger partial charge in [-0.3, -0.25) is 14.6 Å². The van der Waals surface area contributed by atoms with Gasteiger partial charge in [-0.1, -0.05) is 0 Å². The Morgan fingerprint density at radius 1 is 1.53 bits per heavy atom. The highest BCUT2D eigenvalue weighted by Gasteiger charge is 2.17. The average molecular weight is 265 g/mol. The Morgan fingerprint density at radius 2 is 2.21 bits per heavy atom. The number of amides is 1. The number of carboxylic acid groups (broad SMARTS) is 1. The van der Waals surface area contributed by atoms with Crippen LogP contribution >= 0.6 is 0 Å². The standard InChI is InChI=1S/C13H19N3O3/c1-4-16(9(2)7-12(17)18)10-5-6-15-11(8-10)13(19)14-3/h5-6,8-9H,4,7H2,1-3H3,(H,14,19)(H,17,18). The fourth-order valence-corrected chi connectivity index (χ4v) is 1.96. The van der Waals surface area contributed by atoms with E-state index in [-0.39, 0.29) is 18.4 Å². The second-order valence-corrected chi connectivity index (χ2v) is 4.21. The van der Waals surface area contributed by atoms with Crippen LogP contribution in [0.3, 0.4) is 0 Å². The van der Waals surface area contributed by atoms with Crippen LogP contribution in [0.1, 0.15) is 30.8 Å². The first-order valence-corrected chi connectivity index (χ1v) is 6.16. The van der Waals surface area contributed by atoms with Crippen LogP contribution in [0, 0.1) is 0 Å². The van der Waals surface area contributed by atoms with Crippen LogP contribution in [0.25, 0.3) is 0 Å². The predicted molar refractivity (Wildman–Crippen MR) is 72.4 cm³/mol. The molecule has 0 saturated heterocycles. The minimum atomic E-state index is -0.841. The van der Waals surface area contributed by atoms with Crippen molar-refractivity contribution in [3.05, 3.63) is 24.0 Å². The van der Waals surface area contributed by atoms with Crippen molar-refractivity contribution >= 4 is 17.6 Å². The van der Waals surface area contributed by atoms with Crippen LogP contribution in [0.2, 0.25) is 0 Å². The SMILES string of the molecule is CCN(c1ccnc(C(=O)NC)c1)C(C)CC(=O)O. The summed E-state index contributed by atoms with van der Waals surface area (Å²) in [5, 5.41) is 11.4. The molecule has 0 aliphatic rings. The fourth-order valence-electron chi connectivity index (χ4n) is 1.96. The summed E-state index contributed by atoms with van der Waals surface area (Å²) in [5.74, 6) is -1.10. The predicted octanol–water partition coefficient (Wildman–Crippen LogP) is 1.13. The highest BCUT2D eigenvalue weighted by molar-refractivity contribution is 5.92. The Kier molecular flexibility index (Phi) is 5.29. The Balaban J connectivity index is 2.98. The van der Waals surface area contributed by atoms with Crippen molar-refractivity contribution in [2.75, 3.05) is 18.5 Å². The lowest BCUT2D eigenvalue weighted by Crippen LogP contribution is -2.35. The van der Waals surface area contributed by atoms with Crippen LogP contribution in [0.4, 0.5) is 5.69 Å². The number of nitrogens with zero attached hydrogens (tertiary/aromatic N) is 2. The van der Waals surface area contributed by atoms with Crippen LogP contribution in [-0.4, -0.2) is 41.6 Å². The number of hydrogen-bond donors (Lipinski definition) is 2. The van der Waals surface area contributed by atoms with E-state index in [9.17, 15) is 9.59 Å². The summed E-state index contributed by atoms with van der Waals surface area (Å²) >= 11 is 0. The molecule has 1 aromatic rings. The molecule has 1 unspecified atom stereocenters. The summed E-state index contributed by atoms with van der Waals surface area (Å²) in [6.45, 7) is 4.45. The molecule has 1 atom stereocenters. The largest absolute Gasteiger partial charge is 0.481 e. The lowest BCUT2D eigenvalue weighted by atomic mass is 10.1. The summed E-state index contributed by atoms with van der Waals surface area (Å²) < 4.78 is 0. The maximum Gasteiger partial charge on any atom is 0.305 e. The molecule has 0 aromatic carbocycles. The van der Waals surface area contributed by atoms with Gasteiger partial charge in [0.1, 0.15) is 5.69 Å². The summed E-state index contributed by atoms with van der Waals surface area (Å²) in [6, 6.07) is 3.29. The van der Waals surface area contributed by atoms with Crippen LogP contribution in [-0.2, 0) is 4.79 Å². The van der Waals surface area contributed by atoms with E-state index in [1.807, 2.05) is 18.7 Å². The summed E-state index contributed by atoms with van der Waals surface area (Å²) in [7, 11) is 1.54. The number of aromatic nitrogens is 1. The monoisotopic (exact) mass is 265 g/mol. The van der Waals surface area contributed by atoms with Gasteiger partial charge in [-0.15, -0.1) is 0 Å². The van der Waals surface area contributed by atoms with E-state index in [0.717, 1.165) is 5.69 Å². The summed E-state index contributed by atoms with van der Waals surface area (Å²) in [5.41, 5.74) is 1.12. The number of rotatable bonds is 6. The first-order chi connectivity index (χ1) is 8.99. The third-order valence-corrected chi connectivity index (χ3v) is 2.88. The molecule has 1 rings (SSSR count). The van der Waals surface area contributed by atoms with E-state index in [0.29, 0.717) is 12.2 Å². The van der Waals surface area contributed by atoms with E-state index in [2.05, 4.69) is 10.3 Å². The van der Waals surface area contributed by atoms with Crippen molar-refractivity contribution in [3.8, 4) is 0 Å². The molecule has 6 nitrogen and oxygen atoms in total. The van der Waals surface area contributed by atoms with Gasteiger partial charge in [0.05, 0.1) is 6.42 Å². The highest BCUT2D eigenvalue weighted by Crippen LogP contribution is 2.18. The Hall–Kier alpha value is -2.11. The van der Waals surface area contributed by atoms with Gasteiger partial charge in [0.25, 0.3) is 5.91 Å². The normalized spacial score (nSPS) is 11.7. The second-order valence-electron chi connectivity index (χ2n) is 4.21. The molecular formula is C13H19N3O3. The van der Waals surface area contributed by atoms with Crippen molar-refractivity contribution in [2.24, 2.45) is 0 Å². The number of carbonyl (C=O) groups excluding carboxylic acids is 1. The van der Waals surface area contributed by atoms with Gasteiger partial charge in [0, 0.05) is 31.5 Å². The van der Waals surface area contributed by atoms with E-state index in [1.54, 1.807) is 25.4 Å². The quantitative estimate of drug-likeness (QED) is 0.805. The molecule has 1 aromatic heterocycles. The lowest BCUT2D eigenvalue weighted by molar-refractivity contribution is -0.137. The molecule has 0 saturated carbocycles. The molecule has 6 heteroatoms. The van der Waals surface area contributed by atoms with Crippen molar-refractivity contribution < 1.29 is 14.7 Å². The number of carboxylic acids is 1. The topological polar surface area (TPSA) is 82.5 Å². The Bertz CT molecular complexity index is 462. The zero-order valence-electron chi connectivity index (χ0n) is 11.4. The molecule has 2 N–H and O–H groups in total. The first-order valence-electron chi connectivity index (χ1n) is 6.16. The van der Waals surface area contributed by atoms with E-state index >= 15 is 0 Å². The lowest BCUT2D eigenvalue weighted by Gasteiger charge is -2.29. The maximum absolute atomic E-state index is 11.5. The van der Waals surface area contributed by atoms with Gasteiger partial charge in [-0.05, 0) is 26.0 Å². The number of anilines is 1. The van der Waals surface area contributed by atoms with Crippen molar-refractivity contribution in [1.82, 2.24) is 10.3 Å². The molecule has 1 heterocycles. The molecule has 104 valence electrons. The van der Waals surface area contributed by atoms with Crippen molar-refractivity contribution in [2.45, 2.75) is 26.3 Å². The van der Waals surface area contributed by atoms with Gasteiger partial charge >= 0.3 is 5.97 Å². The van der Waals surface area contributed by atoms with Gasteiger partial charge in [0.15, 0.2) is 0 Å². The Labute approximate surface area is 112 Å². The van der Waals surface area contributed by atoms with Gasteiger partial charge in [0.2, 0.25) is 0 Å². The minimum absolute atomic E-state index is 0.0471. The Morgan fingerprint density at radius 3 is 2.74 bits per heavy atom. The molecule has 19 heavy (non-hydrogen) atoms. The van der Waals surface area contributed by atoms with Crippen LogP contribution < -0.4 is 10.2 Å². The second kappa shape index (κ2) is 6.72. The molecule has 0 aliphatic carbocycles. The number of aliphatic carboxylic acids is 1. The molecule has 0 fully saturated rings. The molecule has 0 bridgehead atoms. The van der Waals surface area contributed by atoms with E-state index in [4.69, 9.17) is 5.11 Å². The zero-order chi connectivity index (χ0) is 14.4. The van der Waals surface area contributed by atoms with Gasteiger partial charge < -0.3 is 15.3 Å². The third kappa shape index (κ3) is 3.94. The van der Waals surface area contributed by atoms with E-state index < -0.39 is 5.97 Å². The molecular weight excluding hydrogens is 246 g/mol. The van der Waals surface area contributed by atoms with Crippen LogP contribution in [0.15, 0.2) is 18.3 Å². The number of nitrogens with one attached hydrogen (secondary N) is 1. The number of pyridine rings is 1. The summed E-state index contributed by atoms with van der Waals surface area (Å²) in [6.07, 6.45) is 1.60. The maximum atomic E-state index is 11.5. The average Bonchev–Trinajstić information content (AvgIpc) is 2.38.